The van der Waals surface area contributed by atoms with E-state index < -0.39 is 12.1 Å². The summed E-state index contributed by atoms with van der Waals surface area (Å²) in [5.74, 6) is -2.05. The van der Waals surface area contributed by atoms with Gasteiger partial charge in [0.1, 0.15) is 5.82 Å². The Kier molecular flexibility index (Phi) is 8.45. The fraction of sp³-hybridized carbons (Fsp3) is 0.423. The van der Waals surface area contributed by atoms with E-state index in [0.717, 1.165) is 43.0 Å². The van der Waals surface area contributed by atoms with Gasteiger partial charge in [0.15, 0.2) is 5.69 Å². The number of urea groups is 1. The van der Waals surface area contributed by atoms with Gasteiger partial charge in [-0.2, -0.15) is 13.2 Å². The zero-order valence-electron chi connectivity index (χ0n) is 22.1. The summed E-state index contributed by atoms with van der Waals surface area (Å²) in [6.07, 6.45) is 2.20. The minimum Gasteiger partial charge on any atom is -0.475 e. The Morgan fingerprint density at radius 1 is 1.00 bits per heavy atom. The fourth-order valence-corrected chi connectivity index (χ4v) is 4.85. The Bertz CT molecular complexity index is 1360. The molecule has 11 nitrogen and oxygen atoms in total. The van der Waals surface area contributed by atoms with Crippen LogP contribution in [0.3, 0.4) is 0 Å². The summed E-state index contributed by atoms with van der Waals surface area (Å²) in [4.78, 5) is 51.7. The average Bonchev–Trinajstić information content (AvgIpc) is 3.57. The molecule has 2 fully saturated rings. The van der Waals surface area contributed by atoms with Gasteiger partial charge in [-0.3, -0.25) is 9.78 Å². The molecule has 3 aromatic rings. The van der Waals surface area contributed by atoms with E-state index in [1.165, 1.54) is 0 Å². The predicted molar refractivity (Wildman–Crippen MR) is 139 cm³/mol. The number of nitrogens with zero attached hydrogens (tertiary/aromatic N) is 7. The van der Waals surface area contributed by atoms with Crippen molar-refractivity contribution in [2.45, 2.75) is 25.1 Å². The summed E-state index contributed by atoms with van der Waals surface area (Å²) in [5, 5.41) is 7.12. The van der Waals surface area contributed by atoms with E-state index in [4.69, 9.17) is 14.9 Å². The van der Waals surface area contributed by atoms with Gasteiger partial charge >= 0.3 is 18.2 Å². The van der Waals surface area contributed by atoms with Crippen molar-refractivity contribution in [1.29, 1.82) is 0 Å². The number of aromatic nitrogens is 3. The number of pyridine rings is 2. The van der Waals surface area contributed by atoms with Crippen LogP contribution >= 0.6 is 0 Å². The lowest BCUT2D eigenvalue weighted by atomic mass is 10.2. The molecule has 3 aromatic heterocycles. The molecule has 5 rings (SSSR count). The third kappa shape index (κ3) is 6.10. The molecular weight excluding hydrogens is 531 g/mol. The summed E-state index contributed by atoms with van der Waals surface area (Å²) < 4.78 is 33.7. The number of halogens is 3. The van der Waals surface area contributed by atoms with Crippen molar-refractivity contribution in [2.75, 3.05) is 51.7 Å². The lowest BCUT2D eigenvalue weighted by Crippen LogP contribution is -2.49. The molecule has 0 aliphatic carbocycles. The number of fused-ring (bicyclic) bond motifs is 1. The van der Waals surface area contributed by atoms with Crippen LogP contribution in [-0.2, 0) is 4.79 Å². The van der Waals surface area contributed by atoms with E-state index in [1.807, 2.05) is 50.7 Å². The van der Waals surface area contributed by atoms with Crippen molar-refractivity contribution in [3.05, 3.63) is 60.4 Å². The van der Waals surface area contributed by atoms with Crippen molar-refractivity contribution in [2.24, 2.45) is 0 Å². The number of likely N-dealkylation sites (tertiary alicyclic amines) is 1. The van der Waals surface area contributed by atoms with Gasteiger partial charge < -0.3 is 29.1 Å². The number of carbonyl (C=O) groups excluding carboxylic acids is 2. The maximum absolute atomic E-state index is 13.5. The number of hydrogen-bond donors (Lipinski definition) is 1. The molecule has 5 heterocycles. The zero-order valence-corrected chi connectivity index (χ0v) is 22.1. The van der Waals surface area contributed by atoms with Gasteiger partial charge in [-0.15, -0.1) is 0 Å². The summed E-state index contributed by atoms with van der Waals surface area (Å²) in [6.45, 7) is 3.50. The van der Waals surface area contributed by atoms with Crippen LogP contribution < -0.4 is 4.90 Å². The average molecular weight is 562 g/mol. The van der Waals surface area contributed by atoms with Crippen molar-refractivity contribution >= 4 is 29.1 Å². The van der Waals surface area contributed by atoms with Gasteiger partial charge in [0, 0.05) is 71.1 Å². The second kappa shape index (κ2) is 11.8. The van der Waals surface area contributed by atoms with Crippen molar-refractivity contribution < 1.29 is 32.7 Å². The third-order valence-corrected chi connectivity index (χ3v) is 6.79. The molecule has 1 N–H and O–H groups in total. The van der Waals surface area contributed by atoms with Crippen LogP contribution in [-0.4, -0.2) is 105 Å². The molecule has 2 saturated heterocycles. The van der Waals surface area contributed by atoms with E-state index in [9.17, 15) is 22.8 Å². The summed E-state index contributed by atoms with van der Waals surface area (Å²) in [6, 6.07) is 9.63. The number of hydrogen-bond acceptors (Lipinski definition) is 6. The van der Waals surface area contributed by atoms with Crippen LogP contribution in [0.25, 0.3) is 5.52 Å². The third-order valence-electron chi connectivity index (χ3n) is 6.79. The minimum atomic E-state index is -5.08. The number of carbonyl (C=O) groups is 3. The van der Waals surface area contributed by atoms with Crippen molar-refractivity contribution in [3.8, 4) is 0 Å². The van der Waals surface area contributed by atoms with Crippen LogP contribution in [0.15, 0.2) is 48.9 Å². The summed E-state index contributed by atoms with van der Waals surface area (Å²) in [5.41, 5.74) is 2.38. The predicted octanol–water partition coefficient (Wildman–Crippen LogP) is 3.14. The topological polar surface area (TPSA) is 115 Å². The smallest absolute Gasteiger partial charge is 0.475 e. The molecule has 14 heteroatoms. The highest BCUT2D eigenvalue weighted by molar-refractivity contribution is 5.99. The van der Waals surface area contributed by atoms with Crippen LogP contribution in [0.1, 0.15) is 35.2 Å². The Labute approximate surface area is 228 Å². The Balaban J connectivity index is 0.000000470. The molecule has 0 spiro atoms. The lowest BCUT2D eigenvalue weighted by molar-refractivity contribution is -0.192. The molecule has 1 unspecified atom stereocenters. The molecule has 0 aromatic carbocycles. The molecule has 0 radical (unpaired) electrons. The lowest BCUT2D eigenvalue weighted by Gasteiger charge is -2.35. The normalized spacial score (nSPS) is 17.4. The molecule has 1 atom stereocenters. The van der Waals surface area contributed by atoms with E-state index in [-0.39, 0.29) is 18.0 Å². The Morgan fingerprint density at radius 3 is 2.25 bits per heavy atom. The molecule has 214 valence electrons. The van der Waals surface area contributed by atoms with Crippen LogP contribution in [0.5, 0.6) is 0 Å². The fourth-order valence-electron chi connectivity index (χ4n) is 4.85. The monoisotopic (exact) mass is 561 g/mol. The zero-order chi connectivity index (χ0) is 29.0. The number of aliphatic carboxylic acids is 1. The SMILES string of the molecule is CN(C)C(=O)N1CCCC1c1nc(C(=O)N2CCN(c3ccncc3)CC2)c2ccccn12.O=C(O)C(F)(F)F. The molecular formula is C26H30F3N7O4. The summed E-state index contributed by atoms with van der Waals surface area (Å²) >= 11 is 0. The highest BCUT2D eigenvalue weighted by atomic mass is 19.4. The highest BCUT2D eigenvalue weighted by Crippen LogP contribution is 2.33. The van der Waals surface area contributed by atoms with Gasteiger partial charge in [-0.05, 0) is 37.1 Å². The number of alkyl halides is 3. The molecule has 2 aliphatic rings. The van der Waals surface area contributed by atoms with Gasteiger partial charge in [-0.1, -0.05) is 6.07 Å². The maximum Gasteiger partial charge on any atom is 0.490 e. The minimum absolute atomic E-state index is 0.0229. The van der Waals surface area contributed by atoms with Crippen LogP contribution in [0, 0.1) is 0 Å². The van der Waals surface area contributed by atoms with E-state index >= 15 is 0 Å². The Morgan fingerprint density at radius 2 is 1.65 bits per heavy atom. The van der Waals surface area contributed by atoms with Crippen molar-refractivity contribution in [3.63, 3.8) is 0 Å². The number of amides is 3. The van der Waals surface area contributed by atoms with Gasteiger partial charge in [0.25, 0.3) is 5.91 Å². The molecule has 40 heavy (non-hydrogen) atoms. The highest BCUT2D eigenvalue weighted by Gasteiger charge is 2.38. The standard InChI is InChI=1S/C24H29N7O2.C2HF3O2/c1-27(2)24(33)31-13-5-7-20(31)22-26-21(19-6-3-4-12-30(19)22)23(32)29-16-14-28(15-17-29)18-8-10-25-11-9-18;3-2(4,5)1(6)7/h3-4,6,8-12,20H,5,7,13-17H2,1-2H3;(H,6,7). The number of anilines is 1. The quantitative estimate of drug-likeness (QED) is 0.523. The number of piperazine rings is 1. The summed E-state index contributed by atoms with van der Waals surface area (Å²) in [7, 11) is 3.53. The second-order valence-electron chi connectivity index (χ2n) is 9.59. The van der Waals surface area contributed by atoms with E-state index in [2.05, 4.69) is 9.88 Å². The molecule has 3 amide bonds. The first-order valence-electron chi connectivity index (χ1n) is 12.7. The van der Waals surface area contributed by atoms with Crippen LogP contribution in [0.2, 0.25) is 0 Å². The van der Waals surface area contributed by atoms with Gasteiger partial charge in [0.2, 0.25) is 0 Å². The maximum atomic E-state index is 13.5. The van der Waals surface area contributed by atoms with Crippen LogP contribution in [0.4, 0.5) is 23.7 Å². The van der Waals surface area contributed by atoms with E-state index in [1.54, 1.807) is 31.4 Å². The molecule has 0 bridgehead atoms. The number of carboxylic acid groups (broad SMARTS) is 1. The first-order chi connectivity index (χ1) is 19.0. The Hall–Kier alpha value is -4.36. The van der Waals surface area contributed by atoms with Crippen molar-refractivity contribution in [1.82, 2.24) is 29.1 Å². The van der Waals surface area contributed by atoms with Gasteiger partial charge in [-0.25, -0.2) is 14.6 Å². The van der Waals surface area contributed by atoms with Gasteiger partial charge in [0.05, 0.1) is 11.6 Å². The number of imidazole rings is 1. The largest absolute Gasteiger partial charge is 0.490 e. The second-order valence-corrected chi connectivity index (χ2v) is 9.59. The number of carboxylic acids is 1. The molecule has 2 aliphatic heterocycles. The first kappa shape index (κ1) is 28.6. The van der Waals surface area contributed by atoms with E-state index in [0.29, 0.717) is 25.3 Å². The first-order valence-corrected chi connectivity index (χ1v) is 12.7. The molecule has 0 saturated carbocycles. The number of rotatable bonds is 3.